The number of hydrogen-bond acceptors (Lipinski definition) is 5. The predicted molar refractivity (Wildman–Crippen MR) is 111 cm³/mol. The van der Waals surface area contributed by atoms with Gasteiger partial charge in [0.15, 0.2) is 0 Å². The summed E-state index contributed by atoms with van der Waals surface area (Å²) in [6.45, 7) is 0.205. The Bertz CT molecular complexity index is 1110. The lowest BCUT2D eigenvalue weighted by atomic mass is 9.96. The summed E-state index contributed by atoms with van der Waals surface area (Å²) in [7, 11) is -2.69. The second kappa shape index (κ2) is 8.39. The Morgan fingerprint density at radius 3 is 2.35 bits per heavy atom. The number of fused-ring (bicyclic) bond motifs is 1. The number of hydrogen-bond donors (Lipinski definition) is 0. The molecule has 1 saturated heterocycles. The quantitative estimate of drug-likeness (QED) is 0.674. The Morgan fingerprint density at radius 1 is 1.03 bits per heavy atom. The molecule has 0 N–H and O–H groups in total. The van der Waals surface area contributed by atoms with Crippen molar-refractivity contribution in [2.45, 2.75) is 30.2 Å². The van der Waals surface area contributed by atoms with Crippen molar-refractivity contribution < 1.29 is 27.1 Å². The van der Waals surface area contributed by atoms with Crippen molar-refractivity contribution in [2.75, 3.05) is 25.1 Å². The van der Waals surface area contributed by atoms with Gasteiger partial charge < -0.3 is 4.74 Å². The molecule has 2 aliphatic rings. The Balaban J connectivity index is 1.51. The van der Waals surface area contributed by atoms with Crippen LogP contribution < -0.4 is 4.90 Å². The molecule has 2 heterocycles. The first kappa shape index (κ1) is 21.5. The number of sulfonamides is 1. The zero-order chi connectivity index (χ0) is 22.2. The molecule has 31 heavy (non-hydrogen) atoms. The predicted octanol–water partition coefficient (Wildman–Crippen LogP) is 2.36. The van der Waals surface area contributed by atoms with Crippen molar-refractivity contribution in [3.8, 4) is 0 Å². The maximum absolute atomic E-state index is 14.0. The van der Waals surface area contributed by atoms with E-state index in [9.17, 15) is 22.4 Å². The molecule has 0 bridgehead atoms. The molecule has 9 heteroatoms. The number of nitrogens with zero attached hydrogens (tertiary/aromatic N) is 2. The van der Waals surface area contributed by atoms with Crippen molar-refractivity contribution in [3.63, 3.8) is 0 Å². The molecule has 0 aliphatic carbocycles. The minimum atomic E-state index is -3.98. The number of ether oxygens (including phenoxy) is 1. The van der Waals surface area contributed by atoms with Gasteiger partial charge in [0, 0.05) is 31.1 Å². The number of carbonyl (C=O) groups excluding carboxylic acids is 2. The smallest absolute Gasteiger partial charge is 0.329 e. The molecule has 0 spiro atoms. The highest BCUT2D eigenvalue weighted by atomic mass is 32.2. The normalized spacial score (nSPS) is 19.8. The van der Waals surface area contributed by atoms with Gasteiger partial charge >= 0.3 is 5.97 Å². The number of rotatable bonds is 4. The first-order valence-electron chi connectivity index (χ1n) is 10.1. The molecule has 4 rings (SSSR count). The molecule has 1 atom stereocenters. The highest BCUT2D eigenvalue weighted by molar-refractivity contribution is 7.89. The summed E-state index contributed by atoms with van der Waals surface area (Å²) in [4.78, 5) is 26.8. The molecule has 0 aromatic heterocycles. The highest BCUT2D eigenvalue weighted by Gasteiger charge is 2.42. The number of piperidine rings is 1. The minimum absolute atomic E-state index is 0.103. The van der Waals surface area contributed by atoms with Crippen LogP contribution in [0, 0.1) is 11.7 Å². The molecule has 0 saturated carbocycles. The number of benzene rings is 2. The second-order valence-corrected chi connectivity index (χ2v) is 9.60. The first-order valence-corrected chi connectivity index (χ1v) is 11.5. The maximum atomic E-state index is 14.0. The van der Waals surface area contributed by atoms with Gasteiger partial charge in [0.05, 0.1) is 7.11 Å². The summed E-state index contributed by atoms with van der Waals surface area (Å²) in [6, 6.07) is 11.9. The Kier molecular flexibility index (Phi) is 5.81. The van der Waals surface area contributed by atoms with Crippen LogP contribution in [0.2, 0.25) is 0 Å². The van der Waals surface area contributed by atoms with Gasteiger partial charge in [-0.2, -0.15) is 4.31 Å². The standard InChI is InChI=1S/C22H23FN2O5S/c1-30-22(27)19-14-16-6-2-4-8-18(16)25(19)21(26)15-10-12-24(13-11-15)31(28,29)20-9-5-3-7-17(20)23/h2-9,15,19H,10-14H2,1H3. The largest absolute Gasteiger partial charge is 0.467 e. The third kappa shape index (κ3) is 3.83. The molecule has 1 fully saturated rings. The van der Waals surface area contributed by atoms with E-state index in [4.69, 9.17) is 4.74 Å². The van der Waals surface area contributed by atoms with E-state index >= 15 is 0 Å². The molecule has 1 unspecified atom stereocenters. The van der Waals surface area contributed by atoms with Gasteiger partial charge in [-0.15, -0.1) is 0 Å². The molecule has 2 aromatic rings. The molecule has 1 amide bonds. The summed E-state index contributed by atoms with van der Waals surface area (Å²) in [6.07, 6.45) is 0.966. The van der Waals surface area contributed by atoms with Crippen LogP contribution in [-0.4, -0.2) is 50.8 Å². The Labute approximate surface area is 180 Å². The van der Waals surface area contributed by atoms with Crippen molar-refractivity contribution >= 4 is 27.6 Å². The zero-order valence-corrected chi connectivity index (χ0v) is 17.8. The third-order valence-electron chi connectivity index (χ3n) is 5.94. The lowest BCUT2D eigenvalue weighted by molar-refractivity contribution is -0.143. The molecular formula is C22H23FN2O5S. The van der Waals surface area contributed by atoms with Crippen LogP contribution in [0.1, 0.15) is 18.4 Å². The number of para-hydroxylation sites is 1. The molecule has 2 aromatic carbocycles. The summed E-state index contributed by atoms with van der Waals surface area (Å²) in [5, 5.41) is 0. The Morgan fingerprint density at radius 2 is 1.68 bits per heavy atom. The van der Waals surface area contributed by atoms with Crippen LogP contribution in [0.15, 0.2) is 53.4 Å². The van der Waals surface area contributed by atoms with Gasteiger partial charge in [-0.3, -0.25) is 9.69 Å². The third-order valence-corrected chi connectivity index (χ3v) is 7.88. The van der Waals surface area contributed by atoms with Crippen LogP contribution in [0.5, 0.6) is 0 Å². The van der Waals surface area contributed by atoms with Crippen molar-refractivity contribution in [3.05, 3.63) is 59.9 Å². The van der Waals surface area contributed by atoms with Crippen LogP contribution in [0.4, 0.5) is 10.1 Å². The van der Waals surface area contributed by atoms with E-state index < -0.39 is 33.8 Å². The molecule has 7 nitrogen and oxygen atoms in total. The lowest BCUT2D eigenvalue weighted by Crippen LogP contribution is -2.49. The van der Waals surface area contributed by atoms with E-state index in [2.05, 4.69) is 0 Å². The van der Waals surface area contributed by atoms with E-state index in [1.807, 2.05) is 18.2 Å². The summed E-state index contributed by atoms with van der Waals surface area (Å²) in [5.74, 6) is -1.94. The van der Waals surface area contributed by atoms with Crippen molar-refractivity contribution in [2.24, 2.45) is 5.92 Å². The number of esters is 1. The fraction of sp³-hybridized carbons (Fsp3) is 0.364. The molecule has 164 valence electrons. The van der Waals surface area contributed by atoms with E-state index in [1.54, 1.807) is 6.07 Å². The van der Waals surface area contributed by atoms with Crippen LogP contribution in [0.25, 0.3) is 0 Å². The van der Waals surface area contributed by atoms with E-state index in [-0.39, 0.29) is 23.9 Å². The summed E-state index contributed by atoms with van der Waals surface area (Å²) >= 11 is 0. The topological polar surface area (TPSA) is 84.0 Å². The van der Waals surface area contributed by atoms with Crippen LogP contribution in [0.3, 0.4) is 0 Å². The van der Waals surface area contributed by atoms with Gasteiger partial charge in [-0.05, 0) is 36.6 Å². The van der Waals surface area contributed by atoms with Crippen LogP contribution in [-0.2, 0) is 30.8 Å². The van der Waals surface area contributed by atoms with Crippen molar-refractivity contribution in [1.29, 1.82) is 0 Å². The first-order chi connectivity index (χ1) is 14.8. The van der Waals surface area contributed by atoms with Crippen LogP contribution >= 0.6 is 0 Å². The molecule has 0 radical (unpaired) electrons. The second-order valence-electron chi connectivity index (χ2n) is 7.69. The fourth-order valence-electron chi connectivity index (χ4n) is 4.32. The number of amides is 1. The molecule has 2 aliphatic heterocycles. The zero-order valence-electron chi connectivity index (χ0n) is 17.0. The highest BCUT2D eigenvalue weighted by Crippen LogP contribution is 2.36. The number of halogens is 1. The number of methoxy groups -OCH3 is 1. The van der Waals surface area contributed by atoms with Gasteiger partial charge in [0.25, 0.3) is 0 Å². The van der Waals surface area contributed by atoms with E-state index in [1.165, 1.54) is 34.5 Å². The Hall–Kier alpha value is -2.78. The number of anilines is 1. The summed E-state index contributed by atoms with van der Waals surface area (Å²) < 4.78 is 45.8. The van der Waals surface area contributed by atoms with E-state index in [0.717, 1.165) is 11.6 Å². The maximum Gasteiger partial charge on any atom is 0.329 e. The molecular weight excluding hydrogens is 423 g/mol. The van der Waals surface area contributed by atoms with Gasteiger partial charge in [0.1, 0.15) is 16.8 Å². The fourth-order valence-corrected chi connectivity index (χ4v) is 5.85. The van der Waals surface area contributed by atoms with Crippen molar-refractivity contribution in [1.82, 2.24) is 4.31 Å². The van der Waals surface area contributed by atoms with Gasteiger partial charge in [0.2, 0.25) is 15.9 Å². The van der Waals surface area contributed by atoms with Gasteiger partial charge in [-0.1, -0.05) is 30.3 Å². The minimum Gasteiger partial charge on any atom is -0.467 e. The average molecular weight is 447 g/mol. The number of carbonyl (C=O) groups is 2. The van der Waals surface area contributed by atoms with Gasteiger partial charge in [-0.25, -0.2) is 17.6 Å². The lowest BCUT2D eigenvalue weighted by Gasteiger charge is -2.34. The SMILES string of the molecule is COC(=O)C1Cc2ccccc2N1C(=O)C1CCN(S(=O)(=O)c2ccccc2F)CC1. The van der Waals surface area contributed by atoms with E-state index in [0.29, 0.717) is 24.9 Å². The monoisotopic (exact) mass is 446 g/mol. The summed E-state index contributed by atoms with van der Waals surface area (Å²) in [5.41, 5.74) is 1.58. The average Bonchev–Trinajstić information content (AvgIpc) is 3.18.